The van der Waals surface area contributed by atoms with Crippen molar-refractivity contribution in [2.24, 2.45) is 0 Å². The van der Waals surface area contributed by atoms with Gasteiger partial charge in [-0.3, -0.25) is 9.78 Å². The molecule has 1 aliphatic heterocycles. The average molecular weight is 286 g/mol. The van der Waals surface area contributed by atoms with Crippen LogP contribution in [0.3, 0.4) is 0 Å². The van der Waals surface area contributed by atoms with Crippen LogP contribution in [0.15, 0.2) is 35.1 Å². The fraction of sp³-hybridized carbons (Fsp3) is 0.333. The summed E-state index contributed by atoms with van der Waals surface area (Å²) in [6, 6.07) is 9.54. The molecule has 0 atom stereocenters. The van der Waals surface area contributed by atoms with Gasteiger partial charge in [-0.15, -0.1) is 0 Å². The second-order valence-electron chi connectivity index (χ2n) is 5.01. The van der Waals surface area contributed by atoms with Gasteiger partial charge in [0.25, 0.3) is 5.56 Å². The molecule has 110 valence electrons. The molecule has 2 N–H and O–H groups in total. The van der Waals surface area contributed by atoms with Crippen LogP contribution in [-0.4, -0.2) is 36.3 Å². The van der Waals surface area contributed by atoms with Gasteiger partial charge in [-0.1, -0.05) is 0 Å². The topological polar surface area (TPSA) is 70.2 Å². The molecule has 1 saturated heterocycles. The molecular formula is C15H18N4O2. The Kier molecular flexibility index (Phi) is 3.87. The highest BCUT2D eigenvalue weighted by molar-refractivity contribution is 5.59. The Balaban J connectivity index is 1.73. The second kappa shape index (κ2) is 5.97. The maximum atomic E-state index is 11.4. The molecule has 6 nitrogen and oxygen atoms in total. The van der Waals surface area contributed by atoms with Crippen molar-refractivity contribution in [3.63, 3.8) is 0 Å². The van der Waals surface area contributed by atoms with Crippen molar-refractivity contribution < 1.29 is 4.74 Å². The molecule has 0 radical (unpaired) electrons. The third-order valence-electron chi connectivity index (χ3n) is 3.38. The molecule has 3 rings (SSSR count). The number of aromatic nitrogens is 2. The maximum Gasteiger partial charge on any atom is 0.252 e. The van der Waals surface area contributed by atoms with Crippen LogP contribution in [0.4, 0.5) is 17.3 Å². The zero-order valence-corrected chi connectivity index (χ0v) is 11.9. The number of rotatable bonds is 3. The summed E-state index contributed by atoms with van der Waals surface area (Å²) in [4.78, 5) is 20.6. The number of morpholine rings is 1. The first-order chi connectivity index (χ1) is 10.2. The number of hydrogen-bond donors (Lipinski definition) is 2. The summed E-state index contributed by atoms with van der Waals surface area (Å²) in [5.41, 5.74) is 2.59. The molecule has 0 aliphatic carbocycles. The summed E-state index contributed by atoms with van der Waals surface area (Å²) in [5, 5.41) is 3.11. The van der Waals surface area contributed by atoms with E-state index in [1.165, 1.54) is 11.8 Å². The van der Waals surface area contributed by atoms with Crippen molar-refractivity contribution in [1.82, 2.24) is 9.97 Å². The summed E-state index contributed by atoms with van der Waals surface area (Å²) < 4.78 is 5.35. The third-order valence-corrected chi connectivity index (χ3v) is 3.38. The highest BCUT2D eigenvalue weighted by Gasteiger charge is 2.10. The van der Waals surface area contributed by atoms with Crippen molar-refractivity contribution in [2.75, 3.05) is 36.5 Å². The Hall–Kier alpha value is -2.34. The van der Waals surface area contributed by atoms with E-state index in [4.69, 9.17) is 4.74 Å². The molecule has 1 aliphatic rings. The first kappa shape index (κ1) is 13.6. The average Bonchev–Trinajstić information content (AvgIpc) is 2.48. The lowest BCUT2D eigenvalue weighted by atomic mass is 10.2. The van der Waals surface area contributed by atoms with E-state index in [1.807, 2.05) is 12.1 Å². The molecule has 1 aromatic carbocycles. The normalized spacial score (nSPS) is 15.0. The minimum absolute atomic E-state index is 0.157. The minimum Gasteiger partial charge on any atom is -0.378 e. The van der Waals surface area contributed by atoms with Crippen LogP contribution in [0.1, 0.15) is 5.69 Å². The van der Waals surface area contributed by atoms with Crippen LogP contribution in [-0.2, 0) is 4.74 Å². The van der Waals surface area contributed by atoms with Gasteiger partial charge >= 0.3 is 0 Å². The van der Waals surface area contributed by atoms with Crippen molar-refractivity contribution in [1.29, 1.82) is 0 Å². The predicted molar refractivity (Wildman–Crippen MR) is 82.4 cm³/mol. The fourth-order valence-electron chi connectivity index (χ4n) is 2.35. The number of aromatic amines is 1. The molecule has 2 heterocycles. The van der Waals surface area contributed by atoms with E-state index in [0.29, 0.717) is 11.6 Å². The van der Waals surface area contributed by atoms with E-state index in [9.17, 15) is 4.79 Å². The van der Waals surface area contributed by atoms with Gasteiger partial charge in [0.15, 0.2) is 0 Å². The first-order valence-corrected chi connectivity index (χ1v) is 6.98. The van der Waals surface area contributed by atoms with Gasteiger partial charge in [-0.25, -0.2) is 4.98 Å². The lowest BCUT2D eigenvalue weighted by Crippen LogP contribution is -2.36. The van der Waals surface area contributed by atoms with Gasteiger partial charge in [0.1, 0.15) is 0 Å². The van der Waals surface area contributed by atoms with Gasteiger partial charge in [-0.05, 0) is 31.2 Å². The highest BCUT2D eigenvalue weighted by atomic mass is 16.5. The second-order valence-corrected chi connectivity index (χ2v) is 5.01. The smallest absolute Gasteiger partial charge is 0.252 e. The van der Waals surface area contributed by atoms with Crippen molar-refractivity contribution in [2.45, 2.75) is 6.92 Å². The number of H-pyrrole nitrogens is 1. The molecule has 0 unspecified atom stereocenters. The highest BCUT2D eigenvalue weighted by Crippen LogP contribution is 2.20. The number of anilines is 3. The number of nitrogens with zero attached hydrogens (tertiary/aromatic N) is 2. The Labute approximate surface area is 122 Å². The summed E-state index contributed by atoms with van der Waals surface area (Å²) in [7, 11) is 0. The lowest BCUT2D eigenvalue weighted by Gasteiger charge is -2.28. The number of nitrogens with one attached hydrogen (secondary N) is 2. The molecule has 0 saturated carbocycles. The van der Waals surface area contributed by atoms with Crippen LogP contribution >= 0.6 is 0 Å². The molecule has 21 heavy (non-hydrogen) atoms. The van der Waals surface area contributed by atoms with Crippen molar-refractivity contribution in [3.8, 4) is 0 Å². The van der Waals surface area contributed by atoms with Gasteiger partial charge in [0.05, 0.1) is 13.2 Å². The maximum absolute atomic E-state index is 11.4. The van der Waals surface area contributed by atoms with E-state index in [-0.39, 0.29) is 5.56 Å². The Morgan fingerprint density at radius 2 is 1.95 bits per heavy atom. The number of benzene rings is 1. The number of hydrogen-bond acceptors (Lipinski definition) is 5. The van der Waals surface area contributed by atoms with Crippen LogP contribution in [0, 0.1) is 6.92 Å². The molecule has 1 aromatic heterocycles. The van der Waals surface area contributed by atoms with E-state index in [0.717, 1.165) is 32.0 Å². The van der Waals surface area contributed by atoms with Crippen LogP contribution < -0.4 is 15.8 Å². The van der Waals surface area contributed by atoms with Crippen LogP contribution in [0.5, 0.6) is 0 Å². The molecule has 2 aromatic rings. The standard InChI is InChI=1S/C15H18N4O2/c1-11-10-14(20)18-15(16-11)17-12-2-4-13(5-3-12)19-6-8-21-9-7-19/h2-5,10H,6-9H2,1H3,(H2,16,17,18,20). The third kappa shape index (κ3) is 3.41. The number of aryl methyl sites for hydroxylation is 1. The monoisotopic (exact) mass is 286 g/mol. The van der Waals surface area contributed by atoms with Gasteiger partial charge in [0, 0.05) is 36.2 Å². The van der Waals surface area contributed by atoms with E-state index in [1.54, 1.807) is 6.92 Å². The van der Waals surface area contributed by atoms with Crippen molar-refractivity contribution >= 4 is 17.3 Å². The molecule has 1 fully saturated rings. The summed E-state index contributed by atoms with van der Waals surface area (Å²) in [6.07, 6.45) is 0. The van der Waals surface area contributed by atoms with Gasteiger partial charge < -0.3 is 15.0 Å². The zero-order valence-electron chi connectivity index (χ0n) is 11.9. The van der Waals surface area contributed by atoms with Crippen LogP contribution in [0.25, 0.3) is 0 Å². The Morgan fingerprint density at radius 3 is 2.62 bits per heavy atom. The molecular weight excluding hydrogens is 268 g/mol. The van der Waals surface area contributed by atoms with E-state index in [2.05, 4.69) is 32.3 Å². The zero-order chi connectivity index (χ0) is 14.7. The molecule has 0 bridgehead atoms. The molecule has 0 spiro atoms. The predicted octanol–water partition coefficient (Wildman–Crippen LogP) is 1.66. The largest absolute Gasteiger partial charge is 0.378 e. The summed E-state index contributed by atoms with van der Waals surface area (Å²) >= 11 is 0. The van der Waals surface area contributed by atoms with Crippen molar-refractivity contribution in [3.05, 3.63) is 46.4 Å². The van der Waals surface area contributed by atoms with Crippen LogP contribution in [0.2, 0.25) is 0 Å². The Bertz CT molecular complexity index is 660. The molecule has 6 heteroatoms. The quantitative estimate of drug-likeness (QED) is 0.898. The van der Waals surface area contributed by atoms with E-state index < -0.39 is 0 Å². The Morgan fingerprint density at radius 1 is 1.24 bits per heavy atom. The summed E-state index contributed by atoms with van der Waals surface area (Å²) in [5.74, 6) is 0.458. The number of ether oxygens (including phenoxy) is 1. The summed E-state index contributed by atoms with van der Waals surface area (Å²) in [6.45, 7) is 5.17. The lowest BCUT2D eigenvalue weighted by molar-refractivity contribution is 0.122. The van der Waals surface area contributed by atoms with Gasteiger partial charge in [-0.2, -0.15) is 0 Å². The fourth-order valence-corrected chi connectivity index (χ4v) is 2.35. The SMILES string of the molecule is Cc1cc(=O)[nH]c(Nc2ccc(N3CCOCC3)cc2)n1. The first-order valence-electron chi connectivity index (χ1n) is 6.98. The van der Waals surface area contributed by atoms with E-state index >= 15 is 0 Å². The molecule has 0 amide bonds. The van der Waals surface area contributed by atoms with Gasteiger partial charge in [0.2, 0.25) is 5.95 Å². The minimum atomic E-state index is -0.157.